The Morgan fingerprint density at radius 3 is 2.50 bits per heavy atom. The van der Waals surface area contributed by atoms with E-state index in [0.717, 1.165) is 12.8 Å². The Labute approximate surface area is 182 Å². The van der Waals surface area contributed by atoms with Gasteiger partial charge in [0.1, 0.15) is 5.82 Å². The fraction of sp³-hybridized carbons (Fsp3) is 0.300. The van der Waals surface area contributed by atoms with Crippen LogP contribution in [0.15, 0.2) is 51.8 Å². The number of nitrogens with one attached hydrogen (secondary N) is 2. The number of sulfonamides is 1. The third kappa shape index (κ3) is 5.44. The van der Waals surface area contributed by atoms with Gasteiger partial charge in [-0.25, -0.2) is 12.8 Å². The number of halogens is 2. The van der Waals surface area contributed by atoms with Gasteiger partial charge in [-0.1, -0.05) is 28.1 Å². The third-order valence-corrected chi connectivity index (χ3v) is 7.14. The Balaban J connectivity index is 1.56. The summed E-state index contributed by atoms with van der Waals surface area (Å²) in [6, 6.07) is 10.2. The number of carbonyl (C=O) groups is 2. The Morgan fingerprint density at radius 1 is 1.07 bits per heavy atom. The average Bonchev–Trinajstić information content (AvgIpc) is 3.27. The highest BCUT2D eigenvalue weighted by molar-refractivity contribution is 9.10. The maximum absolute atomic E-state index is 13.8. The summed E-state index contributed by atoms with van der Waals surface area (Å²) in [5, 5.41) is 0. The number of benzene rings is 2. The minimum Gasteiger partial charge on any atom is -0.273 e. The van der Waals surface area contributed by atoms with Crippen molar-refractivity contribution in [3.63, 3.8) is 0 Å². The minimum atomic E-state index is -3.65. The SMILES string of the molecule is O=C(CCc1ccc(Br)cc1F)NNC(=O)c1cccc(S(=O)(=O)N2CCCC2)c1. The fourth-order valence-electron chi connectivity index (χ4n) is 3.11. The normalized spacial score (nSPS) is 14.5. The Bertz CT molecular complexity index is 1060. The fourth-order valence-corrected chi connectivity index (χ4v) is 5.01. The molecule has 0 bridgehead atoms. The molecule has 1 aliphatic heterocycles. The highest BCUT2D eigenvalue weighted by Crippen LogP contribution is 2.21. The number of carbonyl (C=O) groups excluding carboxylic acids is 2. The summed E-state index contributed by atoms with van der Waals surface area (Å²) in [4.78, 5) is 24.3. The second-order valence-electron chi connectivity index (χ2n) is 6.88. The Kier molecular flexibility index (Phi) is 7.22. The first-order chi connectivity index (χ1) is 14.3. The summed E-state index contributed by atoms with van der Waals surface area (Å²) < 4.78 is 41.1. The van der Waals surface area contributed by atoms with Gasteiger partial charge in [0.15, 0.2) is 0 Å². The zero-order valence-electron chi connectivity index (χ0n) is 16.0. The number of nitrogens with zero attached hydrogens (tertiary/aromatic N) is 1. The second kappa shape index (κ2) is 9.67. The molecule has 1 saturated heterocycles. The smallest absolute Gasteiger partial charge is 0.269 e. The van der Waals surface area contributed by atoms with Crippen LogP contribution in [0.4, 0.5) is 4.39 Å². The number of hydrogen-bond acceptors (Lipinski definition) is 4. The third-order valence-electron chi connectivity index (χ3n) is 4.75. The van der Waals surface area contributed by atoms with Gasteiger partial charge in [0, 0.05) is 29.5 Å². The van der Waals surface area contributed by atoms with E-state index >= 15 is 0 Å². The quantitative estimate of drug-likeness (QED) is 0.599. The Hall–Kier alpha value is -2.30. The van der Waals surface area contributed by atoms with Crippen molar-refractivity contribution in [3.05, 3.63) is 63.9 Å². The van der Waals surface area contributed by atoms with Gasteiger partial charge in [-0.15, -0.1) is 0 Å². The lowest BCUT2D eigenvalue weighted by atomic mass is 10.1. The molecular formula is C20H21BrFN3O4S. The maximum atomic E-state index is 13.8. The summed E-state index contributed by atoms with van der Waals surface area (Å²) in [6.45, 7) is 0.932. The molecule has 1 fully saturated rings. The van der Waals surface area contributed by atoms with Crippen molar-refractivity contribution in [2.24, 2.45) is 0 Å². The number of amides is 2. The maximum Gasteiger partial charge on any atom is 0.269 e. The van der Waals surface area contributed by atoms with Crippen LogP contribution >= 0.6 is 15.9 Å². The van der Waals surface area contributed by atoms with Crippen LogP contribution in [0.2, 0.25) is 0 Å². The molecule has 2 aromatic rings. The molecule has 2 N–H and O–H groups in total. The summed E-state index contributed by atoms with van der Waals surface area (Å²) in [6.07, 6.45) is 1.78. The molecule has 2 amide bonds. The van der Waals surface area contributed by atoms with Crippen molar-refractivity contribution < 1.29 is 22.4 Å². The van der Waals surface area contributed by atoms with Crippen molar-refractivity contribution in [2.75, 3.05) is 13.1 Å². The van der Waals surface area contributed by atoms with E-state index in [9.17, 15) is 22.4 Å². The van der Waals surface area contributed by atoms with E-state index in [1.165, 1.54) is 34.6 Å². The van der Waals surface area contributed by atoms with Gasteiger partial charge in [-0.05, 0) is 55.2 Å². The lowest BCUT2D eigenvalue weighted by molar-refractivity contribution is -0.121. The summed E-state index contributed by atoms with van der Waals surface area (Å²) in [5.41, 5.74) is 5.02. The second-order valence-corrected chi connectivity index (χ2v) is 9.73. The molecule has 3 rings (SSSR count). The van der Waals surface area contributed by atoms with E-state index in [1.54, 1.807) is 12.1 Å². The zero-order chi connectivity index (χ0) is 21.7. The average molecular weight is 498 g/mol. The molecule has 160 valence electrons. The lowest BCUT2D eigenvalue weighted by Crippen LogP contribution is -2.41. The van der Waals surface area contributed by atoms with Gasteiger partial charge in [0.05, 0.1) is 4.90 Å². The van der Waals surface area contributed by atoms with Gasteiger partial charge in [-0.3, -0.25) is 20.4 Å². The van der Waals surface area contributed by atoms with Crippen LogP contribution in [0.5, 0.6) is 0 Å². The van der Waals surface area contributed by atoms with Crippen molar-refractivity contribution in [1.29, 1.82) is 0 Å². The van der Waals surface area contributed by atoms with E-state index < -0.39 is 27.7 Å². The molecule has 1 aliphatic rings. The molecule has 0 unspecified atom stereocenters. The number of aryl methyl sites for hydroxylation is 1. The van der Waals surface area contributed by atoms with E-state index in [-0.39, 0.29) is 23.3 Å². The molecule has 0 saturated carbocycles. The largest absolute Gasteiger partial charge is 0.273 e. The molecule has 0 aliphatic carbocycles. The predicted molar refractivity (Wildman–Crippen MR) is 112 cm³/mol. The molecule has 7 nitrogen and oxygen atoms in total. The number of rotatable bonds is 6. The molecular weight excluding hydrogens is 477 g/mol. The van der Waals surface area contributed by atoms with Gasteiger partial charge in [-0.2, -0.15) is 4.31 Å². The molecule has 0 aromatic heterocycles. The van der Waals surface area contributed by atoms with E-state index in [4.69, 9.17) is 0 Å². The lowest BCUT2D eigenvalue weighted by Gasteiger charge is -2.16. The van der Waals surface area contributed by atoms with Gasteiger partial charge < -0.3 is 0 Å². The molecule has 0 radical (unpaired) electrons. The highest BCUT2D eigenvalue weighted by atomic mass is 79.9. The highest BCUT2D eigenvalue weighted by Gasteiger charge is 2.27. The molecule has 30 heavy (non-hydrogen) atoms. The van der Waals surface area contributed by atoms with Crippen LogP contribution in [-0.4, -0.2) is 37.6 Å². The zero-order valence-corrected chi connectivity index (χ0v) is 18.4. The summed E-state index contributed by atoms with van der Waals surface area (Å²) in [5.74, 6) is -1.56. The summed E-state index contributed by atoms with van der Waals surface area (Å²) in [7, 11) is -3.65. The number of hydrazine groups is 1. The van der Waals surface area contributed by atoms with Gasteiger partial charge in [0.25, 0.3) is 5.91 Å². The van der Waals surface area contributed by atoms with Crippen LogP contribution in [-0.2, 0) is 21.2 Å². The first kappa shape index (κ1) is 22.4. The van der Waals surface area contributed by atoms with Crippen molar-refractivity contribution in [2.45, 2.75) is 30.6 Å². The molecule has 2 aromatic carbocycles. The topological polar surface area (TPSA) is 95.6 Å². The van der Waals surface area contributed by atoms with Gasteiger partial charge >= 0.3 is 0 Å². The molecule has 10 heteroatoms. The predicted octanol–water partition coefficient (Wildman–Crippen LogP) is 2.77. The monoisotopic (exact) mass is 497 g/mol. The van der Waals surface area contributed by atoms with Crippen LogP contribution in [0.25, 0.3) is 0 Å². The molecule has 1 heterocycles. The van der Waals surface area contributed by atoms with Crippen molar-refractivity contribution in [3.8, 4) is 0 Å². The minimum absolute atomic E-state index is 0.0256. The van der Waals surface area contributed by atoms with Crippen molar-refractivity contribution >= 4 is 37.8 Å². The van der Waals surface area contributed by atoms with E-state index in [0.29, 0.717) is 23.1 Å². The van der Waals surface area contributed by atoms with E-state index in [1.807, 2.05) is 0 Å². The van der Waals surface area contributed by atoms with Crippen molar-refractivity contribution in [1.82, 2.24) is 15.2 Å². The van der Waals surface area contributed by atoms with Crippen LogP contribution in [0, 0.1) is 5.82 Å². The first-order valence-electron chi connectivity index (χ1n) is 9.41. The van der Waals surface area contributed by atoms with Crippen LogP contribution in [0.1, 0.15) is 35.2 Å². The first-order valence-corrected chi connectivity index (χ1v) is 11.6. The van der Waals surface area contributed by atoms with Crippen LogP contribution < -0.4 is 10.9 Å². The number of hydrogen-bond donors (Lipinski definition) is 2. The van der Waals surface area contributed by atoms with Gasteiger partial charge in [0.2, 0.25) is 15.9 Å². The Morgan fingerprint density at radius 2 is 1.80 bits per heavy atom. The molecule has 0 atom stereocenters. The van der Waals surface area contributed by atoms with Crippen LogP contribution in [0.3, 0.4) is 0 Å². The van der Waals surface area contributed by atoms with E-state index in [2.05, 4.69) is 26.8 Å². The standard InChI is InChI=1S/C20H21BrFN3O4S/c21-16-8-6-14(18(22)13-16)7-9-19(26)23-24-20(27)15-4-3-5-17(12-15)30(28,29)25-10-1-2-11-25/h3-6,8,12-13H,1-2,7,9-11H2,(H,23,26)(H,24,27). The summed E-state index contributed by atoms with van der Waals surface area (Å²) >= 11 is 3.17. The molecule has 0 spiro atoms.